The molecule has 1 aromatic heterocycles. The number of amides is 2. The van der Waals surface area contributed by atoms with E-state index in [1.54, 1.807) is 30.9 Å². The first-order valence-electron chi connectivity index (χ1n) is 10.2. The van der Waals surface area contributed by atoms with Crippen LogP contribution in [-0.2, 0) is 27.4 Å². The zero-order chi connectivity index (χ0) is 21.8. The molecule has 0 N–H and O–H groups in total. The SMILES string of the molecule is COc1cccc(CN2C[C@]34C=C[C@H](O3)[C@@H](C(=O)N(C)Cc3noc(C)n3)[C@@H]4C2=O)c1. The summed E-state index contributed by atoms with van der Waals surface area (Å²) in [5.41, 5.74) is 0.222. The summed E-state index contributed by atoms with van der Waals surface area (Å²) in [5.74, 6) is 0.309. The van der Waals surface area contributed by atoms with Crippen LogP contribution in [0.15, 0.2) is 40.9 Å². The van der Waals surface area contributed by atoms with E-state index in [-0.39, 0.29) is 18.4 Å². The number of benzene rings is 1. The lowest BCUT2D eigenvalue weighted by Crippen LogP contribution is -2.44. The number of carbonyl (C=O) groups is 2. The molecule has 2 fully saturated rings. The Labute approximate surface area is 179 Å². The largest absolute Gasteiger partial charge is 0.497 e. The third-order valence-electron chi connectivity index (χ3n) is 6.30. The van der Waals surface area contributed by atoms with E-state index in [2.05, 4.69) is 10.1 Å². The average molecular weight is 424 g/mol. The topological polar surface area (TPSA) is 98.0 Å². The van der Waals surface area contributed by atoms with Gasteiger partial charge in [-0.1, -0.05) is 29.4 Å². The van der Waals surface area contributed by atoms with Crippen LogP contribution in [0.1, 0.15) is 17.3 Å². The third-order valence-corrected chi connectivity index (χ3v) is 6.30. The summed E-state index contributed by atoms with van der Waals surface area (Å²) in [6.45, 7) is 2.78. The number of likely N-dealkylation sites (tertiary alicyclic amines) is 1. The van der Waals surface area contributed by atoms with Crippen molar-refractivity contribution in [2.24, 2.45) is 11.8 Å². The highest BCUT2D eigenvalue weighted by atomic mass is 16.5. The molecule has 0 aliphatic carbocycles. The summed E-state index contributed by atoms with van der Waals surface area (Å²) in [6, 6.07) is 7.64. The minimum atomic E-state index is -0.746. The van der Waals surface area contributed by atoms with E-state index >= 15 is 0 Å². The van der Waals surface area contributed by atoms with E-state index < -0.39 is 23.5 Å². The van der Waals surface area contributed by atoms with Gasteiger partial charge >= 0.3 is 0 Å². The first-order chi connectivity index (χ1) is 14.9. The highest BCUT2D eigenvalue weighted by molar-refractivity contribution is 5.93. The summed E-state index contributed by atoms with van der Waals surface area (Å²) >= 11 is 0. The van der Waals surface area contributed by atoms with Crippen LogP contribution < -0.4 is 4.74 Å². The second-order valence-corrected chi connectivity index (χ2v) is 8.37. The molecule has 0 radical (unpaired) electrons. The predicted molar refractivity (Wildman–Crippen MR) is 108 cm³/mol. The molecule has 2 aromatic rings. The molecule has 1 spiro atoms. The third kappa shape index (κ3) is 3.20. The van der Waals surface area contributed by atoms with Crippen molar-refractivity contribution in [2.45, 2.75) is 31.7 Å². The lowest BCUT2D eigenvalue weighted by atomic mass is 9.76. The number of nitrogens with zero attached hydrogens (tertiary/aromatic N) is 4. The summed E-state index contributed by atoms with van der Waals surface area (Å²) < 4.78 is 16.5. The van der Waals surface area contributed by atoms with Crippen molar-refractivity contribution in [2.75, 3.05) is 20.7 Å². The van der Waals surface area contributed by atoms with Crippen LogP contribution in [-0.4, -0.2) is 64.2 Å². The van der Waals surface area contributed by atoms with Crippen molar-refractivity contribution in [1.82, 2.24) is 19.9 Å². The lowest BCUT2D eigenvalue weighted by Gasteiger charge is -2.27. The van der Waals surface area contributed by atoms with Crippen molar-refractivity contribution in [1.29, 1.82) is 0 Å². The van der Waals surface area contributed by atoms with Crippen molar-refractivity contribution in [3.05, 3.63) is 53.7 Å². The highest BCUT2D eigenvalue weighted by Crippen LogP contribution is 2.52. The van der Waals surface area contributed by atoms with Crippen LogP contribution in [0.3, 0.4) is 0 Å². The number of fused-ring (bicyclic) bond motifs is 1. The van der Waals surface area contributed by atoms with Gasteiger partial charge in [0.2, 0.25) is 17.7 Å². The van der Waals surface area contributed by atoms with Crippen LogP contribution in [0, 0.1) is 18.8 Å². The maximum atomic E-state index is 13.4. The maximum Gasteiger partial charge on any atom is 0.230 e. The van der Waals surface area contributed by atoms with E-state index in [4.69, 9.17) is 14.0 Å². The minimum absolute atomic E-state index is 0.0585. The Balaban J connectivity index is 1.35. The molecule has 1 aromatic carbocycles. The van der Waals surface area contributed by atoms with Gasteiger partial charge in [-0.3, -0.25) is 9.59 Å². The standard InChI is InChI=1S/C22H24N4O5/c1-13-23-17(24-31-13)11-25(2)20(27)18-16-7-8-22(30-16)12-26(21(28)19(18)22)10-14-5-4-6-15(9-14)29-3/h4-9,16,18-19H,10-12H2,1-3H3/t16-,18+,19+,22-/m0/s1. The zero-order valence-electron chi connectivity index (χ0n) is 17.6. The van der Waals surface area contributed by atoms with E-state index in [1.165, 1.54) is 0 Å². The van der Waals surface area contributed by atoms with E-state index in [1.807, 2.05) is 36.4 Å². The van der Waals surface area contributed by atoms with E-state index in [0.717, 1.165) is 11.3 Å². The Hall–Kier alpha value is -3.20. The molecule has 162 valence electrons. The maximum absolute atomic E-state index is 13.4. The van der Waals surface area contributed by atoms with Crippen LogP contribution in [0.25, 0.3) is 0 Å². The van der Waals surface area contributed by atoms with Gasteiger partial charge in [-0.15, -0.1) is 0 Å². The van der Waals surface area contributed by atoms with Crippen LogP contribution in [0.2, 0.25) is 0 Å². The van der Waals surface area contributed by atoms with Crippen LogP contribution in [0.5, 0.6) is 5.75 Å². The van der Waals surface area contributed by atoms with E-state index in [9.17, 15) is 9.59 Å². The van der Waals surface area contributed by atoms with Gasteiger partial charge in [0.15, 0.2) is 5.82 Å². The van der Waals surface area contributed by atoms with Gasteiger partial charge in [-0.25, -0.2) is 0 Å². The van der Waals surface area contributed by atoms with Gasteiger partial charge in [0.25, 0.3) is 0 Å². The highest BCUT2D eigenvalue weighted by Gasteiger charge is 2.67. The molecule has 31 heavy (non-hydrogen) atoms. The summed E-state index contributed by atoms with van der Waals surface area (Å²) in [7, 11) is 3.30. The first kappa shape index (κ1) is 19.7. The lowest BCUT2D eigenvalue weighted by molar-refractivity contribution is -0.143. The molecule has 4 atom stereocenters. The second-order valence-electron chi connectivity index (χ2n) is 8.37. The normalized spacial score (nSPS) is 28.3. The fraction of sp³-hybridized carbons (Fsp3) is 0.455. The van der Waals surface area contributed by atoms with Gasteiger partial charge in [-0.05, 0) is 17.7 Å². The van der Waals surface area contributed by atoms with Gasteiger partial charge in [0, 0.05) is 20.5 Å². The summed E-state index contributed by atoms with van der Waals surface area (Å²) in [4.78, 5) is 34.2. The molecule has 9 heteroatoms. The Morgan fingerprint density at radius 2 is 2.26 bits per heavy atom. The number of rotatable bonds is 6. The molecule has 0 saturated carbocycles. The van der Waals surface area contributed by atoms with Gasteiger partial charge in [0.05, 0.1) is 38.1 Å². The zero-order valence-corrected chi connectivity index (χ0v) is 17.6. The molecule has 2 bridgehead atoms. The Morgan fingerprint density at radius 1 is 1.42 bits per heavy atom. The monoisotopic (exact) mass is 424 g/mol. The molecule has 0 unspecified atom stereocenters. The molecule has 5 rings (SSSR count). The number of aromatic nitrogens is 2. The Bertz CT molecular complexity index is 1070. The fourth-order valence-electron chi connectivity index (χ4n) is 4.94. The number of ether oxygens (including phenoxy) is 2. The van der Waals surface area contributed by atoms with Crippen molar-refractivity contribution in [3.8, 4) is 5.75 Å². The number of methoxy groups -OCH3 is 1. The molecule has 2 amide bonds. The average Bonchev–Trinajstić information content (AvgIpc) is 3.50. The van der Waals surface area contributed by atoms with E-state index in [0.29, 0.717) is 24.8 Å². The number of hydrogen-bond donors (Lipinski definition) is 0. The van der Waals surface area contributed by atoms with Crippen molar-refractivity contribution < 1.29 is 23.6 Å². The summed E-state index contributed by atoms with van der Waals surface area (Å²) in [6.07, 6.45) is 3.47. The van der Waals surface area contributed by atoms with Crippen molar-refractivity contribution in [3.63, 3.8) is 0 Å². The molecule has 4 heterocycles. The minimum Gasteiger partial charge on any atom is -0.497 e. The van der Waals surface area contributed by atoms with Crippen LogP contribution in [0.4, 0.5) is 0 Å². The van der Waals surface area contributed by atoms with Crippen LogP contribution >= 0.6 is 0 Å². The molecular weight excluding hydrogens is 400 g/mol. The number of aryl methyl sites for hydroxylation is 1. The number of carbonyl (C=O) groups excluding carboxylic acids is 2. The smallest absolute Gasteiger partial charge is 0.230 e. The van der Waals surface area contributed by atoms with Gasteiger partial charge in [0.1, 0.15) is 11.4 Å². The number of hydrogen-bond acceptors (Lipinski definition) is 7. The fourth-order valence-corrected chi connectivity index (χ4v) is 4.94. The summed E-state index contributed by atoms with van der Waals surface area (Å²) in [5, 5.41) is 3.86. The first-order valence-corrected chi connectivity index (χ1v) is 10.2. The quantitative estimate of drug-likeness (QED) is 0.645. The Kier molecular flexibility index (Phi) is 4.58. The molecule has 2 saturated heterocycles. The molecule has 3 aliphatic rings. The molecule has 3 aliphatic heterocycles. The van der Waals surface area contributed by atoms with Gasteiger partial charge in [-0.2, -0.15) is 4.98 Å². The molecular formula is C22H24N4O5. The van der Waals surface area contributed by atoms with Gasteiger partial charge < -0.3 is 23.8 Å². The predicted octanol–water partition coefficient (Wildman–Crippen LogP) is 1.33. The Morgan fingerprint density at radius 3 is 3.00 bits per heavy atom. The molecule has 9 nitrogen and oxygen atoms in total. The van der Waals surface area contributed by atoms with Crippen molar-refractivity contribution >= 4 is 11.8 Å². The second kappa shape index (κ2) is 7.19.